The summed E-state index contributed by atoms with van der Waals surface area (Å²) in [6, 6.07) is 6.94. The Kier molecular flexibility index (Phi) is 5.08. The van der Waals surface area contributed by atoms with Crippen LogP contribution in [0.3, 0.4) is 0 Å². The molecule has 0 aliphatic carbocycles. The predicted octanol–water partition coefficient (Wildman–Crippen LogP) is 3.15. The Morgan fingerprint density at radius 3 is 2.63 bits per heavy atom. The maximum atomic E-state index is 5.43. The van der Waals surface area contributed by atoms with Crippen molar-refractivity contribution < 1.29 is 4.74 Å². The van der Waals surface area contributed by atoms with E-state index in [1.807, 2.05) is 6.07 Å². The largest absolute Gasteiger partial charge is 0.495 e. The minimum atomic E-state index is 0.611. The molecule has 0 fully saturated rings. The third kappa shape index (κ3) is 3.21. The molecule has 3 nitrogen and oxygen atoms in total. The lowest BCUT2D eigenvalue weighted by molar-refractivity contribution is 0.200. The van der Waals surface area contributed by atoms with Gasteiger partial charge in [0.2, 0.25) is 0 Å². The number of anilines is 1. The molecule has 0 saturated carbocycles. The molecule has 3 heteroatoms. The van der Waals surface area contributed by atoms with Crippen molar-refractivity contribution in [1.29, 1.82) is 0 Å². The first-order valence-electron chi connectivity index (χ1n) is 7.43. The second-order valence-corrected chi connectivity index (χ2v) is 5.27. The van der Waals surface area contributed by atoms with Gasteiger partial charge in [-0.1, -0.05) is 26.0 Å². The topological polar surface area (TPSA) is 24.5 Å². The number of rotatable bonds is 6. The molecule has 0 radical (unpaired) electrons. The first-order valence-corrected chi connectivity index (χ1v) is 7.43. The number of nitrogens with one attached hydrogen (secondary N) is 1. The summed E-state index contributed by atoms with van der Waals surface area (Å²) in [7, 11) is 1.74. The van der Waals surface area contributed by atoms with Crippen LogP contribution in [0.5, 0.6) is 5.75 Å². The molecule has 0 amide bonds. The number of para-hydroxylation sites is 1. The monoisotopic (exact) mass is 262 g/mol. The van der Waals surface area contributed by atoms with E-state index in [4.69, 9.17) is 4.74 Å². The van der Waals surface area contributed by atoms with E-state index in [0.29, 0.717) is 6.04 Å². The molecule has 1 atom stereocenters. The molecule has 1 N–H and O–H groups in total. The summed E-state index contributed by atoms with van der Waals surface area (Å²) in [5.41, 5.74) is 2.57. The molecule has 1 aliphatic heterocycles. The van der Waals surface area contributed by atoms with Crippen molar-refractivity contribution in [3.8, 4) is 5.75 Å². The van der Waals surface area contributed by atoms with Gasteiger partial charge in [-0.25, -0.2) is 0 Å². The lowest BCUT2D eigenvalue weighted by Gasteiger charge is -2.36. The van der Waals surface area contributed by atoms with E-state index < -0.39 is 0 Å². The van der Waals surface area contributed by atoms with Crippen LogP contribution in [0.1, 0.15) is 32.3 Å². The zero-order valence-corrected chi connectivity index (χ0v) is 12.4. The minimum absolute atomic E-state index is 0.611. The summed E-state index contributed by atoms with van der Waals surface area (Å²) in [5, 5.41) is 3.56. The standard InChI is InChI=1S/C16H26N2O/c1-4-9-18(10-5-2)14-11-13-7-6-8-15(19-3)16(13)17-12-14/h6-8,14,17H,4-5,9-12H2,1-3H3. The number of methoxy groups -OCH3 is 1. The number of hydrogen-bond donors (Lipinski definition) is 1. The fourth-order valence-corrected chi connectivity index (χ4v) is 2.97. The van der Waals surface area contributed by atoms with Crippen molar-refractivity contribution in [3.63, 3.8) is 0 Å². The van der Waals surface area contributed by atoms with Crippen LogP contribution in [-0.4, -0.2) is 37.7 Å². The van der Waals surface area contributed by atoms with E-state index in [1.165, 1.54) is 37.2 Å². The molecule has 1 aromatic carbocycles. The van der Waals surface area contributed by atoms with Crippen LogP contribution in [0.2, 0.25) is 0 Å². The van der Waals surface area contributed by atoms with E-state index in [-0.39, 0.29) is 0 Å². The zero-order chi connectivity index (χ0) is 13.7. The molecule has 19 heavy (non-hydrogen) atoms. The molecule has 1 aliphatic rings. The van der Waals surface area contributed by atoms with Crippen LogP contribution in [0.4, 0.5) is 5.69 Å². The van der Waals surface area contributed by atoms with Gasteiger partial charge in [0.1, 0.15) is 5.75 Å². The fraction of sp³-hybridized carbons (Fsp3) is 0.625. The van der Waals surface area contributed by atoms with Crippen molar-refractivity contribution in [2.24, 2.45) is 0 Å². The second kappa shape index (κ2) is 6.80. The van der Waals surface area contributed by atoms with Gasteiger partial charge in [0.05, 0.1) is 12.8 Å². The van der Waals surface area contributed by atoms with Gasteiger partial charge in [0.15, 0.2) is 0 Å². The van der Waals surface area contributed by atoms with Gasteiger partial charge in [-0.05, 0) is 44.0 Å². The second-order valence-electron chi connectivity index (χ2n) is 5.27. The first-order chi connectivity index (χ1) is 9.30. The van der Waals surface area contributed by atoms with Gasteiger partial charge in [-0.2, -0.15) is 0 Å². The molecule has 0 spiro atoms. The molecule has 0 bridgehead atoms. The summed E-state index contributed by atoms with van der Waals surface area (Å²) in [6.07, 6.45) is 3.57. The number of benzene rings is 1. The van der Waals surface area contributed by atoms with Crippen molar-refractivity contribution in [2.75, 3.05) is 32.1 Å². The normalized spacial score (nSPS) is 18.0. The predicted molar refractivity (Wildman–Crippen MR) is 81.1 cm³/mol. The van der Waals surface area contributed by atoms with Crippen molar-refractivity contribution in [1.82, 2.24) is 4.90 Å². The third-order valence-corrected chi connectivity index (χ3v) is 3.84. The Bertz CT molecular complexity index is 400. The summed E-state index contributed by atoms with van der Waals surface area (Å²) in [6.45, 7) is 7.93. The molecule has 106 valence electrons. The van der Waals surface area contributed by atoms with Gasteiger partial charge < -0.3 is 10.1 Å². The number of nitrogens with zero attached hydrogens (tertiary/aromatic N) is 1. The highest BCUT2D eigenvalue weighted by molar-refractivity contribution is 5.63. The maximum Gasteiger partial charge on any atom is 0.142 e. The Labute approximate surface area is 116 Å². The Morgan fingerprint density at radius 2 is 2.00 bits per heavy atom. The van der Waals surface area contributed by atoms with Crippen LogP contribution < -0.4 is 10.1 Å². The van der Waals surface area contributed by atoms with E-state index in [2.05, 4.69) is 36.2 Å². The molecule has 1 aromatic rings. The Hall–Kier alpha value is -1.22. The maximum absolute atomic E-state index is 5.43. The van der Waals surface area contributed by atoms with Gasteiger partial charge in [0, 0.05) is 12.6 Å². The zero-order valence-electron chi connectivity index (χ0n) is 12.4. The van der Waals surface area contributed by atoms with E-state index in [9.17, 15) is 0 Å². The molecule has 0 aromatic heterocycles. The minimum Gasteiger partial charge on any atom is -0.495 e. The summed E-state index contributed by atoms with van der Waals surface area (Å²) >= 11 is 0. The summed E-state index contributed by atoms with van der Waals surface area (Å²) in [4.78, 5) is 2.62. The molecule has 1 heterocycles. The molecule has 2 rings (SSSR count). The Morgan fingerprint density at radius 1 is 1.26 bits per heavy atom. The lowest BCUT2D eigenvalue weighted by Crippen LogP contribution is -2.44. The van der Waals surface area contributed by atoms with Crippen LogP contribution in [0.25, 0.3) is 0 Å². The van der Waals surface area contributed by atoms with Gasteiger partial charge >= 0.3 is 0 Å². The average Bonchev–Trinajstić information content (AvgIpc) is 2.45. The van der Waals surface area contributed by atoms with Gasteiger partial charge in [0.25, 0.3) is 0 Å². The molecule has 0 saturated heterocycles. The number of hydrogen-bond acceptors (Lipinski definition) is 3. The molecule has 1 unspecified atom stereocenters. The quantitative estimate of drug-likeness (QED) is 0.852. The Balaban J connectivity index is 2.12. The summed E-state index contributed by atoms with van der Waals surface area (Å²) < 4.78 is 5.43. The molecular weight excluding hydrogens is 236 g/mol. The smallest absolute Gasteiger partial charge is 0.142 e. The van der Waals surface area contributed by atoms with Crippen molar-refractivity contribution >= 4 is 5.69 Å². The van der Waals surface area contributed by atoms with Gasteiger partial charge in [-0.15, -0.1) is 0 Å². The van der Waals surface area contributed by atoms with E-state index in [0.717, 1.165) is 18.7 Å². The number of ether oxygens (including phenoxy) is 1. The fourth-order valence-electron chi connectivity index (χ4n) is 2.97. The highest BCUT2D eigenvalue weighted by atomic mass is 16.5. The van der Waals surface area contributed by atoms with E-state index in [1.54, 1.807) is 7.11 Å². The first kappa shape index (κ1) is 14.2. The van der Waals surface area contributed by atoms with Crippen LogP contribution in [0.15, 0.2) is 18.2 Å². The number of fused-ring (bicyclic) bond motifs is 1. The SMILES string of the molecule is CCCN(CCC)C1CNc2c(cccc2OC)C1. The highest BCUT2D eigenvalue weighted by Gasteiger charge is 2.24. The van der Waals surface area contributed by atoms with Crippen LogP contribution in [-0.2, 0) is 6.42 Å². The van der Waals surface area contributed by atoms with Crippen LogP contribution in [0, 0.1) is 0 Å². The third-order valence-electron chi connectivity index (χ3n) is 3.84. The van der Waals surface area contributed by atoms with Crippen molar-refractivity contribution in [3.05, 3.63) is 23.8 Å². The van der Waals surface area contributed by atoms with Crippen molar-refractivity contribution in [2.45, 2.75) is 39.2 Å². The average molecular weight is 262 g/mol. The molecular formula is C16H26N2O. The van der Waals surface area contributed by atoms with E-state index >= 15 is 0 Å². The highest BCUT2D eigenvalue weighted by Crippen LogP contribution is 2.32. The lowest BCUT2D eigenvalue weighted by atomic mass is 9.97. The summed E-state index contributed by atoms with van der Waals surface area (Å²) in [5.74, 6) is 0.966. The van der Waals surface area contributed by atoms with Crippen LogP contribution >= 0.6 is 0 Å². The van der Waals surface area contributed by atoms with Gasteiger partial charge in [-0.3, -0.25) is 4.90 Å².